The molecule has 0 radical (unpaired) electrons. The van der Waals surface area contributed by atoms with E-state index in [1.54, 1.807) is 6.07 Å². The van der Waals surface area contributed by atoms with Crippen molar-refractivity contribution in [2.45, 2.75) is 20.5 Å². The number of aryl methyl sites for hydroxylation is 2. The molecule has 1 aromatic carbocycles. The highest BCUT2D eigenvalue weighted by atomic mass is 16.5. The van der Waals surface area contributed by atoms with E-state index in [-0.39, 0.29) is 12.4 Å². The zero-order valence-corrected chi connectivity index (χ0v) is 10.3. The summed E-state index contributed by atoms with van der Waals surface area (Å²) in [5.74, 6) is -0.405. The van der Waals surface area contributed by atoms with Crippen LogP contribution in [0.1, 0.15) is 27.2 Å². The van der Waals surface area contributed by atoms with Gasteiger partial charge in [0.1, 0.15) is 12.4 Å². The fraction of sp³-hybridized carbons (Fsp3) is 0.214. The lowest BCUT2D eigenvalue weighted by atomic mass is 10.1. The Morgan fingerprint density at radius 2 is 2.11 bits per heavy atom. The van der Waals surface area contributed by atoms with Gasteiger partial charge in [0.15, 0.2) is 0 Å². The van der Waals surface area contributed by atoms with Gasteiger partial charge in [-0.25, -0.2) is 4.79 Å². The van der Waals surface area contributed by atoms with E-state index in [1.807, 2.05) is 32.0 Å². The van der Waals surface area contributed by atoms with Crippen molar-refractivity contribution >= 4 is 5.97 Å². The monoisotopic (exact) mass is 246 g/mol. The first-order valence-corrected chi connectivity index (χ1v) is 5.57. The van der Waals surface area contributed by atoms with E-state index in [2.05, 4.69) is 0 Å². The summed E-state index contributed by atoms with van der Waals surface area (Å²) in [4.78, 5) is 10.9. The molecule has 0 unspecified atom stereocenters. The fourth-order valence-electron chi connectivity index (χ4n) is 1.75. The van der Waals surface area contributed by atoms with E-state index in [4.69, 9.17) is 14.3 Å². The van der Waals surface area contributed by atoms with E-state index in [0.717, 1.165) is 16.9 Å². The molecule has 0 saturated carbocycles. The van der Waals surface area contributed by atoms with Crippen LogP contribution in [-0.4, -0.2) is 11.1 Å². The first kappa shape index (κ1) is 12.2. The molecule has 0 saturated heterocycles. The zero-order valence-electron chi connectivity index (χ0n) is 10.3. The van der Waals surface area contributed by atoms with E-state index in [1.165, 1.54) is 6.26 Å². The Balaban J connectivity index is 2.11. The first-order chi connectivity index (χ1) is 8.58. The summed E-state index contributed by atoms with van der Waals surface area (Å²) < 4.78 is 10.5. The zero-order chi connectivity index (χ0) is 13.1. The molecule has 0 aliphatic rings. The fourth-order valence-corrected chi connectivity index (χ4v) is 1.75. The Hall–Kier alpha value is -2.23. The number of carbonyl (C=O) groups is 1. The third-order valence-corrected chi connectivity index (χ3v) is 2.65. The minimum atomic E-state index is -1.08. The van der Waals surface area contributed by atoms with Crippen molar-refractivity contribution in [2.24, 2.45) is 0 Å². The number of carboxylic acid groups (broad SMARTS) is 1. The van der Waals surface area contributed by atoms with Crippen molar-refractivity contribution in [3.63, 3.8) is 0 Å². The lowest BCUT2D eigenvalue weighted by Crippen LogP contribution is -2.03. The van der Waals surface area contributed by atoms with Crippen molar-refractivity contribution in [1.29, 1.82) is 0 Å². The smallest absolute Gasteiger partial charge is 0.372 e. The van der Waals surface area contributed by atoms with Crippen LogP contribution in [0.25, 0.3) is 0 Å². The van der Waals surface area contributed by atoms with Gasteiger partial charge in [-0.3, -0.25) is 0 Å². The highest BCUT2D eigenvalue weighted by Crippen LogP contribution is 2.21. The molecule has 4 heteroatoms. The van der Waals surface area contributed by atoms with Crippen molar-refractivity contribution in [3.8, 4) is 5.75 Å². The molecule has 2 rings (SSSR count). The Morgan fingerprint density at radius 1 is 1.33 bits per heavy atom. The molecule has 0 bridgehead atoms. The molecular weight excluding hydrogens is 232 g/mol. The maximum absolute atomic E-state index is 10.9. The molecule has 0 atom stereocenters. The summed E-state index contributed by atoms with van der Waals surface area (Å²) in [7, 11) is 0. The molecule has 0 aliphatic heterocycles. The third-order valence-electron chi connectivity index (χ3n) is 2.65. The Morgan fingerprint density at radius 3 is 2.78 bits per heavy atom. The summed E-state index contributed by atoms with van der Waals surface area (Å²) in [6.07, 6.45) is 1.35. The highest BCUT2D eigenvalue weighted by Gasteiger charge is 2.14. The summed E-state index contributed by atoms with van der Waals surface area (Å²) >= 11 is 0. The predicted molar refractivity (Wildman–Crippen MR) is 65.9 cm³/mol. The molecule has 0 amide bonds. The number of ether oxygens (including phenoxy) is 1. The number of hydrogen-bond donors (Lipinski definition) is 1. The summed E-state index contributed by atoms with van der Waals surface area (Å²) in [6, 6.07) is 7.46. The van der Waals surface area contributed by atoms with Crippen LogP contribution in [0, 0.1) is 13.8 Å². The Kier molecular flexibility index (Phi) is 3.37. The van der Waals surface area contributed by atoms with Gasteiger partial charge in [0.05, 0.1) is 6.26 Å². The first-order valence-electron chi connectivity index (χ1n) is 5.57. The van der Waals surface area contributed by atoms with Crippen LogP contribution in [0.4, 0.5) is 0 Å². The molecule has 0 spiro atoms. The van der Waals surface area contributed by atoms with E-state index < -0.39 is 5.97 Å². The standard InChI is InChI=1S/C14H14O4/c1-9-3-4-12(10(2)7-9)18-8-11-5-6-17-13(11)14(15)16/h3-7H,8H2,1-2H3,(H,15,16). The summed E-state index contributed by atoms with van der Waals surface area (Å²) in [6.45, 7) is 4.15. The second-order valence-corrected chi connectivity index (χ2v) is 4.14. The molecule has 94 valence electrons. The second-order valence-electron chi connectivity index (χ2n) is 4.14. The van der Waals surface area contributed by atoms with Gasteiger partial charge in [-0.1, -0.05) is 17.7 Å². The number of rotatable bonds is 4. The maximum Gasteiger partial charge on any atom is 0.372 e. The van der Waals surface area contributed by atoms with Gasteiger partial charge in [0.2, 0.25) is 5.76 Å². The molecule has 4 nitrogen and oxygen atoms in total. The Labute approximate surface area is 105 Å². The van der Waals surface area contributed by atoms with Crippen LogP contribution < -0.4 is 4.74 Å². The van der Waals surface area contributed by atoms with Gasteiger partial charge >= 0.3 is 5.97 Å². The molecule has 1 aromatic heterocycles. The van der Waals surface area contributed by atoms with Crippen LogP contribution in [-0.2, 0) is 6.61 Å². The predicted octanol–water partition coefficient (Wildman–Crippen LogP) is 3.17. The average Bonchev–Trinajstić information content (AvgIpc) is 2.76. The van der Waals surface area contributed by atoms with Crippen molar-refractivity contribution < 1.29 is 19.1 Å². The van der Waals surface area contributed by atoms with Gasteiger partial charge in [-0.2, -0.15) is 0 Å². The second kappa shape index (κ2) is 4.96. The van der Waals surface area contributed by atoms with E-state index in [0.29, 0.717) is 5.56 Å². The van der Waals surface area contributed by atoms with Crippen molar-refractivity contribution in [3.05, 3.63) is 53.0 Å². The molecule has 18 heavy (non-hydrogen) atoms. The molecule has 1 N–H and O–H groups in total. The number of carboxylic acids is 1. The van der Waals surface area contributed by atoms with Gasteiger partial charge in [0, 0.05) is 5.56 Å². The number of furan rings is 1. The minimum Gasteiger partial charge on any atom is -0.488 e. The molecule has 2 aromatic rings. The van der Waals surface area contributed by atoms with Crippen LogP contribution in [0.5, 0.6) is 5.75 Å². The quantitative estimate of drug-likeness (QED) is 0.900. The van der Waals surface area contributed by atoms with Crippen LogP contribution in [0.3, 0.4) is 0 Å². The average molecular weight is 246 g/mol. The number of benzene rings is 1. The summed E-state index contributed by atoms with van der Waals surface area (Å²) in [5, 5.41) is 8.89. The van der Waals surface area contributed by atoms with E-state index in [9.17, 15) is 4.79 Å². The number of aromatic carboxylic acids is 1. The normalized spacial score (nSPS) is 10.3. The van der Waals surface area contributed by atoms with Crippen molar-refractivity contribution in [1.82, 2.24) is 0 Å². The van der Waals surface area contributed by atoms with Gasteiger partial charge in [0.25, 0.3) is 0 Å². The topological polar surface area (TPSA) is 59.7 Å². The maximum atomic E-state index is 10.9. The molecular formula is C14H14O4. The molecule has 1 heterocycles. The van der Waals surface area contributed by atoms with Crippen molar-refractivity contribution in [2.75, 3.05) is 0 Å². The molecule has 0 aliphatic carbocycles. The highest BCUT2D eigenvalue weighted by molar-refractivity contribution is 5.86. The van der Waals surface area contributed by atoms with Gasteiger partial charge in [-0.05, 0) is 31.5 Å². The summed E-state index contributed by atoms with van der Waals surface area (Å²) in [5.41, 5.74) is 2.72. The van der Waals surface area contributed by atoms with Crippen LogP contribution in [0.2, 0.25) is 0 Å². The number of hydrogen-bond acceptors (Lipinski definition) is 3. The third kappa shape index (κ3) is 2.53. The minimum absolute atomic E-state index is 0.0697. The van der Waals surface area contributed by atoms with Crippen LogP contribution >= 0.6 is 0 Å². The Bertz CT molecular complexity index is 569. The lowest BCUT2D eigenvalue weighted by molar-refractivity contribution is 0.0658. The van der Waals surface area contributed by atoms with Crippen LogP contribution in [0.15, 0.2) is 34.9 Å². The lowest BCUT2D eigenvalue weighted by Gasteiger charge is -2.09. The van der Waals surface area contributed by atoms with E-state index >= 15 is 0 Å². The van der Waals surface area contributed by atoms with Gasteiger partial charge in [-0.15, -0.1) is 0 Å². The largest absolute Gasteiger partial charge is 0.488 e. The SMILES string of the molecule is Cc1ccc(OCc2ccoc2C(=O)O)c(C)c1. The van der Waals surface area contributed by atoms with Gasteiger partial charge < -0.3 is 14.3 Å². The molecule has 0 fully saturated rings.